The van der Waals surface area contributed by atoms with Crippen LogP contribution < -0.4 is 5.32 Å². The first-order valence-corrected chi connectivity index (χ1v) is 6.59. The molecule has 2 atom stereocenters. The van der Waals surface area contributed by atoms with E-state index >= 15 is 0 Å². The standard InChI is InChI=1S/C14H18ClNO2/c1-9(10-5-7-12(15)8-6-10)16-13(11-3-4-11)14(17)18-2/h5-9,11,13,16H,3-4H2,1-2H3. The van der Waals surface area contributed by atoms with Gasteiger partial charge in [0.2, 0.25) is 0 Å². The van der Waals surface area contributed by atoms with Gasteiger partial charge in [0.25, 0.3) is 0 Å². The molecule has 1 aromatic carbocycles. The second kappa shape index (κ2) is 5.72. The molecule has 1 N–H and O–H groups in total. The number of hydrogen-bond acceptors (Lipinski definition) is 3. The summed E-state index contributed by atoms with van der Waals surface area (Å²) >= 11 is 5.86. The smallest absolute Gasteiger partial charge is 0.323 e. The Balaban J connectivity index is 2.02. The van der Waals surface area contributed by atoms with Crippen LogP contribution in [0.4, 0.5) is 0 Å². The Morgan fingerprint density at radius 3 is 2.50 bits per heavy atom. The molecule has 2 unspecified atom stereocenters. The number of methoxy groups -OCH3 is 1. The van der Waals surface area contributed by atoms with Gasteiger partial charge in [-0.15, -0.1) is 0 Å². The maximum absolute atomic E-state index is 11.7. The average Bonchev–Trinajstić information content (AvgIpc) is 3.20. The summed E-state index contributed by atoms with van der Waals surface area (Å²) in [6, 6.07) is 7.58. The minimum atomic E-state index is -0.194. The van der Waals surface area contributed by atoms with Crippen molar-refractivity contribution in [1.82, 2.24) is 5.32 Å². The lowest BCUT2D eigenvalue weighted by Gasteiger charge is -2.21. The first-order valence-electron chi connectivity index (χ1n) is 6.21. The molecule has 1 fully saturated rings. The molecule has 0 spiro atoms. The van der Waals surface area contributed by atoms with Crippen molar-refractivity contribution in [3.8, 4) is 0 Å². The molecule has 0 heterocycles. The van der Waals surface area contributed by atoms with Crippen LogP contribution in [0, 0.1) is 5.92 Å². The Hall–Kier alpha value is -1.06. The van der Waals surface area contributed by atoms with Gasteiger partial charge in [-0.2, -0.15) is 0 Å². The van der Waals surface area contributed by atoms with Crippen molar-refractivity contribution in [3.63, 3.8) is 0 Å². The summed E-state index contributed by atoms with van der Waals surface area (Å²) in [7, 11) is 1.44. The number of esters is 1. The highest BCUT2D eigenvalue weighted by Crippen LogP contribution is 2.34. The van der Waals surface area contributed by atoms with Crippen molar-refractivity contribution in [2.75, 3.05) is 7.11 Å². The Kier molecular flexibility index (Phi) is 4.25. The largest absolute Gasteiger partial charge is 0.468 e. The van der Waals surface area contributed by atoms with Gasteiger partial charge in [0.1, 0.15) is 6.04 Å². The fourth-order valence-corrected chi connectivity index (χ4v) is 2.20. The van der Waals surface area contributed by atoms with Crippen LogP contribution in [0.3, 0.4) is 0 Å². The Bertz CT molecular complexity index is 414. The minimum absolute atomic E-state index is 0.104. The molecule has 0 saturated heterocycles. The van der Waals surface area contributed by atoms with Gasteiger partial charge in [-0.3, -0.25) is 10.1 Å². The van der Waals surface area contributed by atoms with Crippen molar-refractivity contribution in [2.24, 2.45) is 5.92 Å². The normalized spacial score (nSPS) is 18.2. The molecule has 1 aliphatic carbocycles. The highest BCUT2D eigenvalue weighted by atomic mass is 35.5. The number of carbonyl (C=O) groups is 1. The van der Waals surface area contributed by atoms with Gasteiger partial charge < -0.3 is 4.74 Å². The summed E-state index contributed by atoms with van der Waals surface area (Å²) in [6.07, 6.45) is 2.19. The molecule has 3 nitrogen and oxygen atoms in total. The molecule has 0 aliphatic heterocycles. The number of hydrogen-bond donors (Lipinski definition) is 1. The lowest BCUT2D eigenvalue weighted by Crippen LogP contribution is -2.40. The third kappa shape index (κ3) is 3.24. The van der Waals surface area contributed by atoms with E-state index in [4.69, 9.17) is 16.3 Å². The quantitative estimate of drug-likeness (QED) is 0.834. The van der Waals surface area contributed by atoms with Crippen LogP contribution in [0.5, 0.6) is 0 Å². The average molecular weight is 268 g/mol. The number of benzene rings is 1. The zero-order valence-corrected chi connectivity index (χ0v) is 11.4. The SMILES string of the molecule is COC(=O)C(NC(C)c1ccc(Cl)cc1)C1CC1. The molecular weight excluding hydrogens is 250 g/mol. The van der Waals surface area contributed by atoms with Gasteiger partial charge in [0, 0.05) is 11.1 Å². The molecule has 4 heteroatoms. The van der Waals surface area contributed by atoms with Gasteiger partial charge in [0.15, 0.2) is 0 Å². The third-order valence-electron chi connectivity index (χ3n) is 3.35. The van der Waals surface area contributed by atoms with Crippen LogP contribution in [0.1, 0.15) is 31.4 Å². The number of rotatable bonds is 5. The first kappa shape index (κ1) is 13.4. The zero-order valence-electron chi connectivity index (χ0n) is 10.7. The van der Waals surface area contributed by atoms with Gasteiger partial charge in [-0.25, -0.2) is 0 Å². The van der Waals surface area contributed by atoms with Crippen molar-refractivity contribution < 1.29 is 9.53 Å². The van der Waals surface area contributed by atoms with Crippen molar-refractivity contribution in [3.05, 3.63) is 34.9 Å². The Labute approximate surface area is 112 Å². The van der Waals surface area contributed by atoms with E-state index in [1.165, 1.54) is 7.11 Å². The van der Waals surface area contributed by atoms with E-state index < -0.39 is 0 Å². The topological polar surface area (TPSA) is 38.3 Å². The fraction of sp³-hybridized carbons (Fsp3) is 0.500. The molecule has 0 aromatic heterocycles. The second-order valence-electron chi connectivity index (χ2n) is 4.78. The lowest BCUT2D eigenvalue weighted by molar-refractivity contribution is -0.144. The molecule has 0 amide bonds. The van der Waals surface area contributed by atoms with Crippen LogP contribution in [0.15, 0.2) is 24.3 Å². The molecule has 1 aliphatic rings. The maximum Gasteiger partial charge on any atom is 0.323 e. The zero-order chi connectivity index (χ0) is 13.1. The van der Waals surface area contributed by atoms with Crippen LogP contribution in [0.25, 0.3) is 0 Å². The van der Waals surface area contributed by atoms with E-state index in [9.17, 15) is 4.79 Å². The Morgan fingerprint density at radius 2 is 2.00 bits per heavy atom. The van der Waals surface area contributed by atoms with Crippen molar-refractivity contribution in [2.45, 2.75) is 31.8 Å². The van der Waals surface area contributed by atoms with Crippen LogP contribution in [-0.2, 0) is 9.53 Å². The molecule has 98 valence electrons. The van der Waals surface area contributed by atoms with Crippen LogP contribution >= 0.6 is 11.6 Å². The molecule has 0 bridgehead atoms. The Morgan fingerprint density at radius 1 is 1.39 bits per heavy atom. The van der Waals surface area contributed by atoms with E-state index in [-0.39, 0.29) is 18.1 Å². The van der Waals surface area contributed by atoms with E-state index in [0.717, 1.165) is 23.4 Å². The second-order valence-corrected chi connectivity index (χ2v) is 5.21. The molecule has 1 saturated carbocycles. The molecule has 2 rings (SSSR count). The van der Waals surface area contributed by atoms with Crippen LogP contribution in [-0.4, -0.2) is 19.1 Å². The number of carbonyl (C=O) groups excluding carboxylic acids is 1. The van der Waals surface area contributed by atoms with Gasteiger partial charge in [0.05, 0.1) is 7.11 Å². The van der Waals surface area contributed by atoms with E-state index in [2.05, 4.69) is 5.32 Å². The predicted molar refractivity (Wildman–Crippen MR) is 71.5 cm³/mol. The number of halogens is 1. The first-order chi connectivity index (χ1) is 8.61. The highest BCUT2D eigenvalue weighted by molar-refractivity contribution is 6.30. The minimum Gasteiger partial charge on any atom is -0.468 e. The lowest BCUT2D eigenvalue weighted by atomic mass is 10.1. The summed E-state index contributed by atoms with van der Waals surface area (Å²) in [5.41, 5.74) is 1.12. The summed E-state index contributed by atoms with van der Waals surface area (Å²) in [5.74, 6) is 0.255. The van der Waals surface area contributed by atoms with Gasteiger partial charge in [-0.05, 0) is 43.4 Å². The van der Waals surface area contributed by atoms with E-state index in [0.29, 0.717) is 5.92 Å². The summed E-state index contributed by atoms with van der Waals surface area (Å²) in [6.45, 7) is 2.04. The van der Waals surface area contributed by atoms with Crippen molar-refractivity contribution in [1.29, 1.82) is 0 Å². The van der Waals surface area contributed by atoms with Gasteiger partial charge >= 0.3 is 5.97 Å². The highest BCUT2D eigenvalue weighted by Gasteiger charge is 2.37. The summed E-state index contributed by atoms with van der Waals surface area (Å²) < 4.78 is 4.85. The molecule has 0 radical (unpaired) electrons. The fourth-order valence-electron chi connectivity index (χ4n) is 2.07. The third-order valence-corrected chi connectivity index (χ3v) is 3.60. The predicted octanol–water partition coefficient (Wildman–Crippen LogP) is 2.94. The van der Waals surface area contributed by atoms with Crippen molar-refractivity contribution >= 4 is 17.6 Å². The van der Waals surface area contributed by atoms with Gasteiger partial charge in [-0.1, -0.05) is 23.7 Å². The molecule has 1 aromatic rings. The number of nitrogens with one attached hydrogen (secondary N) is 1. The summed E-state index contributed by atoms with van der Waals surface area (Å²) in [5, 5.41) is 4.07. The monoisotopic (exact) mass is 267 g/mol. The maximum atomic E-state index is 11.7. The summed E-state index contributed by atoms with van der Waals surface area (Å²) in [4.78, 5) is 11.7. The van der Waals surface area contributed by atoms with E-state index in [1.807, 2.05) is 31.2 Å². The van der Waals surface area contributed by atoms with E-state index in [1.54, 1.807) is 0 Å². The number of ether oxygens (including phenoxy) is 1. The molecular formula is C14H18ClNO2. The molecule has 18 heavy (non-hydrogen) atoms. The van der Waals surface area contributed by atoms with Crippen LogP contribution in [0.2, 0.25) is 5.02 Å².